The van der Waals surface area contributed by atoms with Gasteiger partial charge in [-0.3, -0.25) is 0 Å². The third-order valence-corrected chi connectivity index (χ3v) is 6.08. The summed E-state index contributed by atoms with van der Waals surface area (Å²) >= 11 is 6.17. The maximum absolute atomic E-state index is 13.7. The van der Waals surface area contributed by atoms with Crippen molar-refractivity contribution in [2.45, 2.75) is 19.5 Å². The normalized spacial score (nSPS) is 14.7. The maximum Gasteiger partial charge on any atom is 0.322 e. The topological polar surface area (TPSA) is 46.5 Å². The molecule has 166 valence electrons. The van der Waals surface area contributed by atoms with E-state index in [0.29, 0.717) is 23.9 Å². The number of amides is 2. The van der Waals surface area contributed by atoms with Crippen molar-refractivity contribution in [1.29, 1.82) is 0 Å². The van der Waals surface area contributed by atoms with Crippen LogP contribution >= 0.6 is 11.6 Å². The van der Waals surface area contributed by atoms with Gasteiger partial charge in [-0.05, 0) is 72.6 Å². The summed E-state index contributed by atoms with van der Waals surface area (Å²) in [5, 5.41) is 3.73. The molecule has 0 fully saturated rings. The molecule has 6 heteroatoms. The summed E-state index contributed by atoms with van der Waals surface area (Å²) in [7, 11) is 0. The number of hydrogen-bond donors (Lipinski definition) is 1. The van der Waals surface area contributed by atoms with Gasteiger partial charge < -0.3 is 19.5 Å². The molecule has 3 aromatic carbocycles. The fourth-order valence-electron chi connectivity index (χ4n) is 4.33. The molecule has 2 heterocycles. The minimum atomic E-state index is -0.285. The van der Waals surface area contributed by atoms with Gasteiger partial charge in [0.05, 0.1) is 24.9 Å². The lowest BCUT2D eigenvalue weighted by molar-refractivity contribution is 0.194. The SMILES string of the molecule is CCOc1ccc(NC(=O)N2Cc3ccccc3-n3cccc3[C@@H]2c2ccc(Cl)cc2)cc1. The Morgan fingerprint density at radius 2 is 1.76 bits per heavy atom. The average molecular weight is 458 g/mol. The molecule has 0 unspecified atom stereocenters. The van der Waals surface area contributed by atoms with E-state index in [1.54, 1.807) is 0 Å². The standard InChI is InChI=1S/C27H24ClN3O2/c1-2-33-23-15-13-22(14-16-23)29-27(32)31-18-20-6-3-4-7-24(20)30-17-5-8-25(30)26(31)19-9-11-21(28)12-10-19/h3-17,26H,2,18H2,1H3,(H,29,32)/t26-/m0/s1. The van der Waals surface area contributed by atoms with Crippen molar-refractivity contribution < 1.29 is 9.53 Å². The first-order chi connectivity index (χ1) is 16.1. The van der Waals surface area contributed by atoms with Crippen LogP contribution < -0.4 is 10.1 Å². The maximum atomic E-state index is 13.7. The molecular weight excluding hydrogens is 434 g/mol. The number of halogens is 1. The van der Waals surface area contributed by atoms with Crippen LogP contribution in [0.1, 0.15) is 29.8 Å². The molecule has 1 N–H and O–H groups in total. The van der Waals surface area contributed by atoms with Crippen molar-refractivity contribution in [1.82, 2.24) is 9.47 Å². The van der Waals surface area contributed by atoms with Gasteiger partial charge in [0, 0.05) is 22.6 Å². The number of fused-ring (bicyclic) bond motifs is 3. The van der Waals surface area contributed by atoms with Crippen molar-refractivity contribution in [3.8, 4) is 11.4 Å². The number of rotatable bonds is 4. The number of nitrogens with one attached hydrogen (secondary N) is 1. The third kappa shape index (κ3) is 4.20. The molecule has 4 aromatic rings. The number of hydrogen-bond acceptors (Lipinski definition) is 2. The molecule has 1 aliphatic rings. The molecule has 1 atom stereocenters. The number of nitrogens with zero attached hydrogens (tertiary/aromatic N) is 2. The van der Waals surface area contributed by atoms with E-state index in [9.17, 15) is 4.79 Å². The zero-order chi connectivity index (χ0) is 22.8. The van der Waals surface area contributed by atoms with Crippen LogP contribution in [0, 0.1) is 0 Å². The largest absolute Gasteiger partial charge is 0.494 e. The van der Waals surface area contributed by atoms with Crippen LogP contribution in [-0.4, -0.2) is 22.1 Å². The van der Waals surface area contributed by atoms with Gasteiger partial charge in [0.2, 0.25) is 0 Å². The van der Waals surface area contributed by atoms with Crippen LogP contribution in [0.3, 0.4) is 0 Å². The van der Waals surface area contributed by atoms with Crippen LogP contribution in [0.25, 0.3) is 5.69 Å². The molecule has 0 saturated heterocycles. The molecule has 5 nitrogen and oxygen atoms in total. The lowest BCUT2D eigenvalue weighted by atomic mass is 10.0. The van der Waals surface area contributed by atoms with E-state index in [1.807, 2.05) is 84.8 Å². The fourth-order valence-corrected chi connectivity index (χ4v) is 4.46. The number of anilines is 1. The molecule has 2 amide bonds. The van der Waals surface area contributed by atoms with Gasteiger partial charge >= 0.3 is 6.03 Å². The molecule has 0 bridgehead atoms. The van der Waals surface area contributed by atoms with Crippen LogP contribution in [0.2, 0.25) is 5.02 Å². The van der Waals surface area contributed by atoms with Gasteiger partial charge in [-0.15, -0.1) is 0 Å². The number of para-hydroxylation sites is 1. The Morgan fingerprint density at radius 1 is 1.00 bits per heavy atom. The summed E-state index contributed by atoms with van der Waals surface area (Å²) in [5.74, 6) is 0.774. The first-order valence-electron chi connectivity index (χ1n) is 11.0. The lowest BCUT2D eigenvalue weighted by Gasteiger charge is -2.31. The highest BCUT2D eigenvalue weighted by atomic mass is 35.5. The van der Waals surface area contributed by atoms with Gasteiger partial charge in [0.25, 0.3) is 0 Å². The van der Waals surface area contributed by atoms with Crippen molar-refractivity contribution in [2.75, 3.05) is 11.9 Å². The molecule has 0 saturated carbocycles. The Balaban J connectivity index is 1.55. The summed E-state index contributed by atoms with van der Waals surface area (Å²) in [5.41, 5.74) is 4.88. The Morgan fingerprint density at radius 3 is 2.52 bits per heavy atom. The zero-order valence-electron chi connectivity index (χ0n) is 18.2. The zero-order valence-corrected chi connectivity index (χ0v) is 19.0. The number of carbonyl (C=O) groups excluding carboxylic acids is 1. The molecule has 5 rings (SSSR count). The summed E-state index contributed by atoms with van der Waals surface area (Å²) in [6, 6.07) is 26.9. The summed E-state index contributed by atoms with van der Waals surface area (Å²) < 4.78 is 7.68. The quantitative estimate of drug-likeness (QED) is 0.372. The Hall–Kier alpha value is -3.70. The number of carbonyl (C=O) groups is 1. The van der Waals surface area contributed by atoms with Crippen molar-refractivity contribution >= 4 is 23.3 Å². The predicted molar refractivity (Wildman–Crippen MR) is 131 cm³/mol. The molecule has 1 aromatic heterocycles. The van der Waals surface area contributed by atoms with E-state index in [1.165, 1.54) is 0 Å². The summed E-state index contributed by atoms with van der Waals surface area (Å²) in [6.45, 7) is 3.01. The van der Waals surface area contributed by atoms with Gasteiger partial charge in [-0.1, -0.05) is 41.9 Å². The summed E-state index contributed by atoms with van der Waals surface area (Å²) in [4.78, 5) is 15.5. The van der Waals surface area contributed by atoms with E-state index >= 15 is 0 Å². The number of aromatic nitrogens is 1. The second kappa shape index (κ2) is 9.04. The first kappa shape index (κ1) is 21.2. The first-order valence-corrected chi connectivity index (χ1v) is 11.3. The highest BCUT2D eigenvalue weighted by Crippen LogP contribution is 2.37. The van der Waals surface area contributed by atoms with Gasteiger partial charge in [0.1, 0.15) is 5.75 Å². The number of urea groups is 1. The van der Waals surface area contributed by atoms with Crippen LogP contribution in [0.5, 0.6) is 5.75 Å². The molecular formula is C27H24ClN3O2. The van der Waals surface area contributed by atoms with Crippen LogP contribution in [0.4, 0.5) is 10.5 Å². The van der Waals surface area contributed by atoms with Crippen LogP contribution in [-0.2, 0) is 6.54 Å². The molecule has 0 aliphatic carbocycles. The Labute approximate surface area is 198 Å². The van der Waals surface area contributed by atoms with Crippen molar-refractivity contribution in [3.05, 3.63) is 113 Å². The molecule has 33 heavy (non-hydrogen) atoms. The lowest BCUT2D eigenvalue weighted by Crippen LogP contribution is -2.37. The predicted octanol–water partition coefficient (Wildman–Crippen LogP) is 6.67. The van der Waals surface area contributed by atoms with Gasteiger partial charge in [0.15, 0.2) is 0 Å². The minimum absolute atomic E-state index is 0.177. The number of ether oxygens (including phenoxy) is 1. The van der Waals surface area contributed by atoms with E-state index < -0.39 is 0 Å². The molecule has 0 spiro atoms. The van der Waals surface area contributed by atoms with E-state index in [2.05, 4.69) is 28.1 Å². The van der Waals surface area contributed by atoms with Crippen LogP contribution in [0.15, 0.2) is 91.1 Å². The molecule has 0 radical (unpaired) electrons. The number of benzene rings is 3. The molecule has 1 aliphatic heterocycles. The summed E-state index contributed by atoms with van der Waals surface area (Å²) in [6.07, 6.45) is 2.05. The van der Waals surface area contributed by atoms with E-state index in [4.69, 9.17) is 16.3 Å². The van der Waals surface area contributed by atoms with E-state index in [0.717, 1.165) is 28.3 Å². The highest BCUT2D eigenvalue weighted by molar-refractivity contribution is 6.30. The minimum Gasteiger partial charge on any atom is -0.494 e. The third-order valence-electron chi connectivity index (χ3n) is 5.83. The Bertz CT molecular complexity index is 1270. The monoisotopic (exact) mass is 457 g/mol. The second-order valence-corrected chi connectivity index (χ2v) is 8.34. The average Bonchev–Trinajstić information content (AvgIpc) is 3.26. The van der Waals surface area contributed by atoms with E-state index in [-0.39, 0.29) is 12.1 Å². The van der Waals surface area contributed by atoms with Gasteiger partial charge in [-0.2, -0.15) is 0 Å². The smallest absolute Gasteiger partial charge is 0.322 e. The van der Waals surface area contributed by atoms with Crippen molar-refractivity contribution in [3.63, 3.8) is 0 Å². The van der Waals surface area contributed by atoms with Gasteiger partial charge in [-0.25, -0.2) is 4.79 Å². The second-order valence-electron chi connectivity index (χ2n) is 7.90. The highest BCUT2D eigenvalue weighted by Gasteiger charge is 2.33. The Kier molecular flexibility index (Phi) is 5.80. The van der Waals surface area contributed by atoms with Crippen molar-refractivity contribution in [2.24, 2.45) is 0 Å². The fraction of sp³-hybridized carbons (Fsp3) is 0.148.